The molecule has 2 aromatic heterocycles. The van der Waals surface area contributed by atoms with Crippen LogP contribution in [0.25, 0.3) is 0 Å². The number of amides is 3. The molecule has 0 saturated carbocycles. The summed E-state index contributed by atoms with van der Waals surface area (Å²) in [6, 6.07) is 7.49. The summed E-state index contributed by atoms with van der Waals surface area (Å²) in [6.07, 6.45) is 6.97. The van der Waals surface area contributed by atoms with E-state index in [0.717, 1.165) is 42.7 Å². The molecule has 1 saturated heterocycles. The normalized spacial score (nSPS) is 16.2. The topological polar surface area (TPSA) is 144 Å². The summed E-state index contributed by atoms with van der Waals surface area (Å²) in [6.45, 7) is 2.55. The van der Waals surface area contributed by atoms with E-state index in [0.29, 0.717) is 37.3 Å². The van der Waals surface area contributed by atoms with Crippen LogP contribution in [0.1, 0.15) is 68.0 Å². The molecule has 5 rings (SSSR count). The number of nitrogens with zero attached hydrogens (tertiary/aromatic N) is 5. The molecule has 2 aliphatic heterocycles. The van der Waals surface area contributed by atoms with Crippen LogP contribution in [0.3, 0.4) is 0 Å². The monoisotopic (exact) mass is 558 g/mol. The highest BCUT2D eigenvalue weighted by Gasteiger charge is 2.33. The lowest BCUT2D eigenvalue weighted by Gasteiger charge is -2.30. The van der Waals surface area contributed by atoms with Crippen LogP contribution < -0.4 is 15.0 Å². The van der Waals surface area contributed by atoms with Crippen molar-refractivity contribution in [1.82, 2.24) is 25.0 Å². The Labute approximate surface area is 236 Å². The minimum atomic E-state index is -0.774. The number of nitrogens with one attached hydrogen (secondary N) is 1. The number of hydrogen-bond acceptors (Lipinski definition) is 9. The first-order valence-electron chi connectivity index (χ1n) is 13.4. The third-order valence-electron chi connectivity index (χ3n) is 7.29. The number of piperidine rings is 1. The third-order valence-corrected chi connectivity index (χ3v) is 7.29. The Morgan fingerprint density at radius 3 is 2.71 bits per heavy atom. The van der Waals surface area contributed by atoms with Crippen molar-refractivity contribution >= 4 is 36.1 Å². The molecular formula is C29H30N6O6. The predicted octanol–water partition coefficient (Wildman–Crippen LogP) is 2.16. The van der Waals surface area contributed by atoms with E-state index in [9.17, 15) is 24.0 Å². The number of ether oxygens (including phenoxy) is 1. The number of fused-ring (bicyclic) bond motifs is 1. The van der Waals surface area contributed by atoms with Gasteiger partial charge in [0.2, 0.25) is 11.8 Å². The van der Waals surface area contributed by atoms with Crippen molar-refractivity contribution in [3.63, 3.8) is 0 Å². The number of benzene rings is 1. The summed E-state index contributed by atoms with van der Waals surface area (Å²) < 4.78 is 7.76. The summed E-state index contributed by atoms with van der Waals surface area (Å²) in [5.74, 6) is -0.0747. The molecule has 41 heavy (non-hydrogen) atoms. The molecule has 1 atom stereocenters. The van der Waals surface area contributed by atoms with Gasteiger partial charge in [-0.25, -0.2) is 4.98 Å². The van der Waals surface area contributed by atoms with Crippen LogP contribution in [0, 0.1) is 0 Å². The molecule has 1 fully saturated rings. The van der Waals surface area contributed by atoms with Gasteiger partial charge in [0.25, 0.3) is 5.91 Å². The molecule has 212 valence electrons. The summed E-state index contributed by atoms with van der Waals surface area (Å²) in [7, 11) is 1.48. The van der Waals surface area contributed by atoms with Crippen molar-refractivity contribution in [3.8, 4) is 5.75 Å². The van der Waals surface area contributed by atoms with E-state index in [4.69, 9.17) is 9.84 Å². The second-order valence-electron chi connectivity index (χ2n) is 10.1. The van der Waals surface area contributed by atoms with E-state index < -0.39 is 17.9 Å². The van der Waals surface area contributed by atoms with Gasteiger partial charge in [-0.05, 0) is 49.6 Å². The van der Waals surface area contributed by atoms with Crippen LogP contribution in [0.5, 0.6) is 5.75 Å². The highest BCUT2D eigenvalue weighted by molar-refractivity contribution is 6.06. The number of imide groups is 1. The molecule has 0 aliphatic carbocycles. The first-order chi connectivity index (χ1) is 19.9. The van der Waals surface area contributed by atoms with Crippen molar-refractivity contribution in [2.24, 2.45) is 0 Å². The molecule has 2 aliphatic rings. The highest BCUT2D eigenvalue weighted by atomic mass is 16.5. The lowest BCUT2D eigenvalue weighted by molar-refractivity contribution is -0.136. The summed E-state index contributed by atoms with van der Waals surface area (Å²) in [5, 5.41) is 6.93. The van der Waals surface area contributed by atoms with Gasteiger partial charge in [0.1, 0.15) is 17.6 Å². The molecule has 3 amide bonds. The number of aryl methyl sites for hydroxylation is 1. The SMILES string of the molecule is CN(C(=O)c1ccc(OCCCCn2cc3c(n2)CN(c2ccc(C=O)cn2)C3)cc1C=O)C1CCC(=O)NC1=O. The minimum Gasteiger partial charge on any atom is -0.494 e. The Morgan fingerprint density at radius 1 is 1.15 bits per heavy atom. The van der Waals surface area contributed by atoms with Gasteiger partial charge in [-0.3, -0.25) is 34.0 Å². The zero-order valence-corrected chi connectivity index (χ0v) is 22.6. The maximum absolute atomic E-state index is 13.0. The number of hydrogen-bond donors (Lipinski definition) is 1. The number of aldehydes is 2. The number of rotatable bonds is 11. The smallest absolute Gasteiger partial charge is 0.255 e. The first-order valence-corrected chi connectivity index (χ1v) is 13.4. The molecular weight excluding hydrogens is 528 g/mol. The first kappa shape index (κ1) is 27.7. The van der Waals surface area contributed by atoms with E-state index in [1.807, 2.05) is 16.9 Å². The lowest BCUT2D eigenvalue weighted by Crippen LogP contribution is -2.53. The van der Waals surface area contributed by atoms with Gasteiger partial charge in [0.05, 0.1) is 24.4 Å². The summed E-state index contributed by atoms with van der Waals surface area (Å²) >= 11 is 0. The van der Waals surface area contributed by atoms with Crippen LogP contribution in [0.4, 0.5) is 5.82 Å². The third kappa shape index (κ3) is 6.16. The van der Waals surface area contributed by atoms with Crippen LogP contribution >= 0.6 is 0 Å². The van der Waals surface area contributed by atoms with E-state index in [2.05, 4.69) is 15.2 Å². The number of likely N-dealkylation sites (N-methyl/N-ethyl adjacent to an activating group) is 1. The Bertz CT molecular complexity index is 1460. The molecule has 0 spiro atoms. The van der Waals surface area contributed by atoms with E-state index in [1.165, 1.54) is 24.1 Å². The number of carbonyl (C=O) groups excluding carboxylic acids is 5. The fourth-order valence-corrected chi connectivity index (χ4v) is 5.01. The summed E-state index contributed by atoms with van der Waals surface area (Å²) in [5.41, 5.74) is 3.05. The Balaban J connectivity index is 1.08. The van der Waals surface area contributed by atoms with Gasteiger partial charge < -0.3 is 14.5 Å². The van der Waals surface area contributed by atoms with Crippen LogP contribution in [0.15, 0.2) is 42.7 Å². The molecule has 1 unspecified atom stereocenters. The molecule has 4 heterocycles. The predicted molar refractivity (Wildman–Crippen MR) is 147 cm³/mol. The van der Waals surface area contributed by atoms with Crippen molar-refractivity contribution in [2.45, 2.75) is 51.4 Å². The molecule has 12 heteroatoms. The molecule has 1 N–H and O–H groups in total. The van der Waals surface area contributed by atoms with Gasteiger partial charge in [-0.15, -0.1) is 0 Å². The van der Waals surface area contributed by atoms with Crippen molar-refractivity contribution < 1.29 is 28.7 Å². The average molecular weight is 559 g/mol. The minimum absolute atomic E-state index is 0.152. The quantitative estimate of drug-likeness (QED) is 0.213. The van der Waals surface area contributed by atoms with E-state index >= 15 is 0 Å². The Kier molecular flexibility index (Phi) is 8.18. The zero-order chi connectivity index (χ0) is 28.9. The molecule has 12 nitrogen and oxygen atoms in total. The molecule has 3 aromatic rings. The Hall–Kier alpha value is -4.87. The number of pyridine rings is 1. The van der Waals surface area contributed by atoms with Gasteiger partial charge in [0.15, 0.2) is 12.6 Å². The van der Waals surface area contributed by atoms with Crippen LogP contribution in [-0.4, -0.2) is 69.7 Å². The Morgan fingerprint density at radius 2 is 2.00 bits per heavy atom. The second-order valence-corrected chi connectivity index (χ2v) is 10.1. The molecule has 0 radical (unpaired) electrons. The molecule has 1 aromatic carbocycles. The molecule has 0 bridgehead atoms. The van der Waals surface area contributed by atoms with Crippen molar-refractivity contribution in [1.29, 1.82) is 0 Å². The number of anilines is 1. The lowest BCUT2D eigenvalue weighted by atomic mass is 10.0. The standard InChI is InChI=1S/C29H30N6O6/c1-33(25-7-9-27(38)31-28(25)39)29(40)23-6-5-22(12-20(23)18-37)41-11-3-2-10-35-15-21-14-34(16-24(21)32-35)26-8-4-19(17-36)13-30-26/h4-6,8,12-13,15,17-18,25H,2-3,7,9-11,14,16H2,1H3,(H,31,38,39). The van der Waals surface area contributed by atoms with Gasteiger partial charge in [-0.1, -0.05) is 0 Å². The maximum Gasteiger partial charge on any atom is 0.255 e. The highest BCUT2D eigenvalue weighted by Crippen LogP contribution is 2.26. The fraction of sp³-hybridized carbons (Fsp3) is 0.345. The van der Waals surface area contributed by atoms with Crippen LogP contribution in [-0.2, 0) is 29.2 Å². The van der Waals surface area contributed by atoms with Gasteiger partial charge in [0, 0.05) is 55.6 Å². The van der Waals surface area contributed by atoms with Crippen molar-refractivity contribution in [2.75, 3.05) is 18.6 Å². The average Bonchev–Trinajstić information content (AvgIpc) is 3.55. The van der Waals surface area contributed by atoms with E-state index in [-0.39, 0.29) is 29.9 Å². The van der Waals surface area contributed by atoms with Crippen LogP contribution in [0.2, 0.25) is 0 Å². The van der Waals surface area contributed by atoms with Crippen molar-refractivity contribution in [3.05, 3.63) is 70.7 Å². The number of carbonyl (C=O) groups is 5. The maximum atomic E-state index is 13.0. The van der Waals surface area contributed by atoms with E-state index in [1.54, 1.807) is 18.3 Å². The second kappa shape index (κ2) is 12.1. The van der Waals surface area contributed by atoms with Gasteiger partial charge in [-0.2, -0.15) is 5.10 Å². The van der Waals surface area contributed by atoms with Gasteiger partial charge >= 0.3 is 0 Å². The summed E-state index contributed by atoms with van der Waals surface area (Å²) in [4.78, 5) is 66.8. The number of unbranched alkanes of at least 4 members (excludes halogenated alkanes) is 1. The number of aromatic nitrogens is 3. The fourth-order valence-electron chi connectivity index (χ4n) is 5.01. The zero-order valence-electron chi connectivity index (χ0n) is 22.6. The largest absolute Gasteiger partial charge is 0.494 e.